The maximum absolute atomic E-state index is 14.2. The predicted octanol–water partition coefficient (Wildman–Crippen LogP) is 4.51. The Hall–Kier alpha value is -1.86. The van der Waals surface area contributed by atoms with Crippen LogP contribution in [0.25, 0.3) is 0 Å². The fraction of sp³-hybridized carbons (Fsp3) is 0.625. The summed E-state index contributed by atoms with van der Waals surface area (Å²) in [5, 5.41) is 9.32. The first-order valence-electron chi connectivity index (χ1n) is 7.63. The third-order valence-electron chi connectivity index (χ3n) is 4.43. The molecule has 0 radical (unpaired) electrons. The van der Waals surface area contributed by atoms with Crippen LogP contribution in [0.4, 0.5) is 22.4 Å². The zero-order valence-electron chi connectivity index (χ0n) is 13.7. The lowest BCUT2D eigenvalue weighted by atomic mass is 9.76. The largest absolute Gasteiger partial charge is 0.465 e. The van der Waals surface area contributed by atoms with Crippen LogP contribution < -0.4 is 0 Å². The average Bonchev–Trinajstić information content (AvgIpc) is 2.44. The van der Waals surface area contributed by atoms with Gasteiger partial charge < -0.3 is 10.0 Å². The second-order valence-corrected chi connectivity index (χ2v) is 7.17. The van der Waals surface area contributed by atoms with Gasteiger partial charge in [-0.05, 0) is 24.3 Å². The molecule has 1 saturated heterocycles. The molecule has 134 valence electrons. The van der Waals surface area contributed by atoms with E-state index >= 15 is 0 Å². The number of hydrogen-bond acceptors (Lipinski definition) is 2. The number of rotatable bonds is 1. The van der Waals surface area contributed by atoms with Crippen molar-refractivity contribution in [1.82, 2.24) is 9.88 Å². The number of amides is 1. The van der Waals surface area contributed by atoms with Crippen molar-refractivity contribution < 1.29 is 27.5 Å². The molecular formula is C16H20F4N2O2. The Kier molecular flexibility index (Phi) is 4.79. The molecule has 1 aromatic heterocycles. The number of halogens is 4. The fourth-order valence-corrected chi connectivity index (χ4v) is 3.17. The van der Waals surface area contributed by atoms with E-state index in [0.717, 1.165) is 0 Å². The Labute approximate surface area is 137 Å². The molecule has 2 unspecified atom stereocenters. The lowest BCUT2D eigenvalue weighted by molar-refractivity contribution is -0.138. The highest BCUT2D eigenvalue weighted by molar-refractivity contribution is 5.65. The second-order valence-electron chi connectivity index (χ2n) is 7.17. The number of pyridine rings is 1. The molecule has 4 nitrogen and oxygen atoms in total. The quantitative estimate of drug-likeness (QED) is 0.760. The molecule has 0 aromatic carbocycles. The van der Waals surface area contributed by atoms with Crippen molar-refractivity contribution in [3.8, 4) is 0 Å². The minimum absolute atomic E-state index is 0.0257. The van der Waals surface area contributed by atoms with Crippen LogP contribution in [-0.2, 0) is 6.18 Å². The van der Waals surface area contributed by atoms with Gasteiger partial charge in [0, 0.05) is 24.7 Å². The number of aromatic nitrogens is 1. The van der Waals surface area contributed by atoms with E-state index in [-0.39, 0.29) is 23.7 Å². The van der Waals surface area contributed by atoms with Crippen LogP contribution in [0.1, 0.15) is 50.8 Å². The molecule has 0 spiro atoms. The standard InChI is InChI=1S/C16H20F4N2O2/c1-15(2,3)12-6-9(4-5-22(12)14(23)24)13-11(17)7-10(8-21-13)16(18,19)20/h7-9,12H,4-6H2,1-3H3,(H,23,24). The molecule has 1 fully saturated rings. The van der Waals surface area contributed by atoms with E-state index in [1.54, 1.807) is 0 Å². The molecule has 1 aliphatic rings. The molecule has 24 heavy (non-hydrogen) atoms. The van der Waals surface area contributed by atoms with Crippen LogP contribution in [0.15, 0.2) is 12.3 Å². The summed E-state index contributed by atoms with van der Waals surface area (Å²) in [5.41, 5.74) is -1.53. The molecule has 1 amide bonds. The van der Waals surface area contributed by atoms with Gasteiger partial charge in [0.25, 0.3) is 0 Å². The van der Waals surface area contributed by atoms with Gasteiger partial charge in [0.2, 0.25) is 0 Å². The number of carboxylic acid groups (broad SMARTS) is 1. The summed E-state index contributed by atoms with van der Waals surface area (Å²) in [4.78, 5) is 16.4. The summed E-state index contributed by atoms with van der Waals surface area (Å²) in [7, 11) is 0. The van der Waals surface area contributed by atoms with Crippen LogP contribution in [0.2, 0.25) is 0 Å². The van der Waals surface area contributed by atoms with E-state index in [9.17, 15) is 27.5 Å². The molecule has 1 aromatic rings. The Balaban J connectivity index is 2.29. The van der Waals surface area contributed by atoms with Gasteiger partial charge in [-0.15, -0.1) is 0 Å². The first-order chi connectivity index (χ1) is 10.9. The van der Waals surface area contributed by atoms with Crippen LogP contribution in [0.3, 0.4) is 0 Å². The van der Waals surface area contributed by atoms with Crippen molar-refractivity contribution in [1.29, 1.82) is 0 Å². The van der Waals surface area contributed by atoms with Crippen molar-refractivity contribution in [2.45, 2.75) is 51.7 Å². The van der Waals surface area contributed by atoms with Crippen molar-refractivity contribution in [2.75, 3.05) is 6.54 Å². The smallest absolute Gasteiger partial charge is 0.417 e. The molecule has 1 N–H and O–H groups in total. The highest BCUT2D eigenvalue weighted by Crippen LogP contribution is 2.40. The minimum Gasteiger partial charge on any atom is -0.465 e. The number of nitrogens with zero attached hydrogens (tertiary/aromatic N) is 2. The Morgan fingerprint density at radius 2 is 1.96 bits per heavy atom. The highest BCUT2D eigenvalue weighted by Gasteiger charge is 2.40. The topological polar surface area (TPSA) is 53.4 Å². The molecule has 0 aliphatic carbocycles. The Bertz CT molecular complexity index is 625. The number of hydrogen-bond donors (Lipinski definition) is 1. The third kappa shape index (κ3) is 3.79. The summed E-state index contributed by atoms with van der Waals surface area (Å²) in [5.74, 6) is -1.40. The molecule has 2 heterocycles. The summed E-state index contributed by atoms with van der Waals surface area (Å²) < 4.78 is 52.0. The maximum atomic E-state index is 14.2. The van der Waals surface area contributed by atoms with Crippen LogP contribution >= 0.6 is 0 Å². The average molecular weight is 348 g/mol. The van der Waals surface area contributed by atoms with Gasteiger partial charge in [-0.2, -0.15) is 13.2 Å². The molecule has 2 rings (SSSR count). The van der Waals surface area contributed by atoms with Gasteiger partial charge in [0.15, 0.2) is 0 Å². The molecule has 0 saturated carbocycles. The van der Waals surface area contributed by atoms with Gasteiger partial charge >= 0.3 is 12.3 Å². The Morgan fingerprint density at radius 3 is 2.42 bits per heavy atom. The fourth-order valence-electron chi connectivity index (χ4n) is 3.17. The zero-order chi connectivity index (χ0) is 18.3. The summed E-state index contributed by atoms with van der Waals surface area (Å²) in [6, 6.07) is 0.0927. The normalized spacial score (nSPS) is 22.5. The summed E-state index contributed by atoms with van der Waals surface area (Å²) >= 11 is 0. The monoisotopic (exact) mass is 348 g/mol. The minimum atomic E-state index is -4.65. The zero-order valence-corrected chi connectivity index (χ0v) is 13.7. The lowest BCUT2D eigenvalue weighted by Gasteiger charge is -2.44. The number of alkyl halides is 3. The van der Waals surface area contributed by atoms with Gasteiger partial charge in [-0.3, -0.25) is 4.98 Å². The first kappa shape index (κ1) is 18.5. The summed E-state index contributed by atoms with van der Waals surface area (Å²) in [6.07, 6.45) is -4.41. The molecule has 8 heteroatoms. The van der Waals surface area contributed by atoms with Crippen LogP contribution in [-0.4, -0.2) is 33.7 Å². The van der Waals surface area contributed by atoms with E-state index < -0.39 is 29.6 Å². The van der Waals surface area contributed by atoms with E-state index in [0.29, 0.717) is 25.1 Å². The van der Waals surface area contributed by atoms with E-state index in [1.807, 2.05) is 20.8 Å². The third-order valence-corrected chi connectivity index (χ3v) is 4.43. The van der Waals surface area contributed by atoms with Crippen molar-refractivity contribution in [2.24, 2.45) is 5.41 Å². The summed E-state index contributed by atoms with van der Waals surface area (Å²) in [6.45, 7) is 5.84. The lowest BCUT2D eigenvalue weighted by Crippen LogP contribution is -2.51. The van der Waals surface area contributed by atoms with Crippen LogP contribution in [0, 0.1) is 11.2 Å². The predicted molar refractivity (Wildman–Crippen MR) is 79.1 cm³/mol. The SMILES string of the molecule is CC(C)(C)C1CC(c2ncc(C(F)(F)F)cc2F)CCN1C(=O)O. The number of carbonyl (C=O) groups is 1. The number of likely N-dealkylation sites (tertiary alicyclic amines) is 1. The molecule has 1 aliphatic heterocycles. The Morgan fingerprint density at radius 1 is 1.33 bits per heavy atom. The molecule has 2 atom stereocenters. The van der Waals surface area contributed by atoms with E-state index in [2.05, 4.69) is 4.98 Å². The molecule has 0 bridgehead atoms. The van der Waals surface area contributed by atoms with Crippen molar-refractivity contribution in [3.05, 3.63) is 29.3 Å². The second kappa shape index (κ2) is 6.22. The van der Waals surface area contributed by atoms with Gasteiger partial charge in [0.05, 0.1) is 11.3 Å². The van der Waals surface area contributed by atoms with E-state index in [4.69, 9.17) is 0 Å². The number of piperidine rings is 1. The van der Waals surface area contributed by atoms with Gasteiger partial charge in [0.1, 0.15) is 5.82 Å². The first-order valence-corrected chi connectivity index (χ1v) is 7.63. The van der Waals surface area contributed by atoms with Gasteiger partial charge in [-0.25, -0.2) is 9.18 Å². The molecular weight excluding hydrogens is 328 g/mol. The highest BCUT2D eigenvalue weighted by atomic mass is 19.4. The van der Waals surface area contributed by atoms with Crippen LogP contribution in [0.5, 0.6) is 0 Å². The van der Waals surface area contributed by atoms with Crippen molar-refractivity contribution in [3.63, 3.8) is 0 Å². The van der Waals surface area contributed by atoms with Crippen molar-refractivity contribution >= 4 is 6.09 Å². The van der Waals surface area contributed by atoms with E-state index in [1.165, 1.54) is 4.90 Å². The van der Waals surface area contributed by atoms with Gasteiger partial charge in [-0.1, -0.05) is 20.8 Å². The maximum Gasteiger partial charge on any atom is 0.417 e.